The zero-order chi connectivity index (χ0) is 33.1. The van der Waals surface area contributed by atoms with Crippen molar-refractivity contribution in [2.45, 2.75) is 76.0 Å². The molecule has 47 heavy (non-hydrogen) atoms. The average Bonchev–Trinajstić information content (AvgIpc) is 3.41. The third-order valence-corrected chi connectivity index (χ3v) is 10.7. The number of methoxy groups -OCH3 is 1. The topological polar surface area (TPSA) is 116 Å². The molecule has 0 amide bonds. The van der Waals surface area contributed by atoms with Crippen molar-refractivity contribution in [1.82, 2.24) is 20.1 Å². The van der Waals surface area contributed by atoms with Gasteiger partial charge in [0.05, 0.1) is 29.9 Å². The molecule has 1 aliphatic heterocycles. The van der Waals surface area contributed by atoms with Crippen LogP contribution in [-0.4, -0.2) is 39.9 Å². The average molecular weight is 647 g/mol. The number of rotatable bonds is 8. The number of hydrogen-bond acceptors (Lipinski definition) is 7. The molecular formula is C35H37F3N6O3. The second-order valence-electron chi connectivity index (χ2n) is 13.7. The molecule has 4 aliphatic carbocycles. The van der Waals surface area contributed by atoms with E-state index in [1.807, 2.05) is 0 Å². The summed E-state index contributed by atoms with van der Waals surface area (Å²) in [6, 6.07) is 11.0. The van der Waals surface area contributed by atoms with Gasteiger partial charge in [-0.05, 0) is 124 Å². The Bertz CT molecular complexity index is 1820. The van der Waals surface area contributed by atoms with Crippen molar-refractivity contribution in [3.63, 3.8) is 0 Å². The highest BCUT2D eigenvalue weighted by atomic mass is 19.4. The van der Waals surface area contributed by atoms with Gasteiger partial charge in [0, 0.05) is 16.9 Å². The van der Waals surface area contributed by atoms with Crippen LogP contribution >= 0.6 is 0 Å². The van der Waals surface area contributed by atoms with Gasteiger partial charge < -0.3 is 10.1 Å². The van der Waals surface area contributed by atoms with Gasteiger partial charge in [-0.25, -0.2) is 19.3 Å². The zero-order valence-corrected chi connectivity index (χ0v) is 26.4. The number of carbonyl (C=O) groups is 1. The predicted octanol–water partition coefficient (Wildman–Crippen LogP) is 6.14. The highest BCUT2D eigenvalue weighted by Gasteiger charge is 2.50. The molecule has 4 fully saturated rings. The Morgan fingerprint density at radius 3 is 2.47 bits per heavy atom. The maximum absolute atomic E-state index is 13.7. The Hall–Kier alpha value is -4.37. The first-order valence-electron chi connectivity index (χ1n) is 16.2. The Morgan fingerprint density at radius 1 is 1.13 bits per heavy atom. The first-order valence-corrected chi connectivity index (χ1v) is 16.2. The van der Waals surface area contributed by atoms with Crippen molar-refractivity contribution in [2.24, 2.45) is 17.8 Å². The molecule has 0 saturated heterocycles. The molecule has 1 unspecified atom stereocenters. The Kier molecular flexibility index (Phi) is 7.78. The van der Waals surface area contributed by atoms with E-state index < -0.39 is 29.4 Å². The van der Waals surface area contributed by atoms with Gasteiger partial charge in [-0.15, -0.1) is 5.10 Å². The summed E-state index contributed by atoms with van der Waals surface area (Å²) in [5.74, 6) is 1.77. The summed E-state index contributed by atoms with van der Waals surface area (Å²) in [5, 5.41) is 20.3. The number of H-pyrrole nitrogens is 1. The lowest BCUT2D eigenvalue weighted by Gasteiger charge is -2.57. The lowest BCUT2D eigenvalue weighted by molar-refractivity contribution is -0.138. The number of benzene rings is 2. The third-order valence-electron chi connectivity index (χ3n) is 10.7. The molecular weight excluding hydrogens is 609 g/mol. The molecule has 2 heterocycles. The minimum atomic E-state index is -4.61. The van der Waals surface area contributed by atoms with Gasteiger partial charge in [0.25, 0.3) is 0 Å². The molecule has 9 nitrogen and oxygen atoms in total. The number of hydrogen-bond donors (Lipinski definition) is 2. The van der Waals surface area contributed by atoms with Crippen LogP contribution in [0.15, 0.2) is 58.5 Å². The number of esters is 1. The van der Waals surface area contributed by atoms with Crippen LogP contribution in [0, 0.1) is 29.1 Å². The SMILES string of the molecule is COC(=O)C1=C(C)N(c2cccc(C(F)(F)F)c2)c2n[nH]c(=O)n2C1c1ccc(C#N)cc1CCCNC12CC3CC(CC(C3)C1)C2. The molecule has 1 atom stereocenters. The van der Waals surface area contributed by atoms with E-state index in [9.17, 15) is 28.0 Å². The van der Waals surface area contributed by atoms with Crippen LogP contribution in [0.5, 0.6) is 0 Å². The molecule has 0 radical (unpaired) electrons. The minimum Gasteiger partial charge on any atom is -0.466 e. The lowest BCUT2D eigenvalue weighted by atomic mass is 9.53. The van der Waals surface area contributed by atoms with Crippen LogP contribution in [0.2, 0.25) is 0 Å². The van der Waals surface area contributed by atoms with Gasteiger partial charge in [-0.1, -0.05) is 12.1 Å². The van der Waals surface area contributed by atoms with Crippen molar-refractivity contribution in [3.8, 4) is 6.07 Å². The molecule has 3 aromatic rings. The van der Waals surface area contributed by atoms with Crippen LogP contribution in [0.4, 0.5) is 24.8 Å². The number of nitrogens with zero attached hydrogens (tertiary/aromatic N) is 4. The Labute approximate surface area is 270 Å². The first kappa shape index (κ1) is 31.2. The molecule has 4 saturated carbocycles. The lowest BCUT2D eigenvalue weighted by Crippen LogP contribution is -2.58. The molecule has 2 aromatic carbocycles. The van der Waals surface area contributed by atoms with E-state index in [4.69, 9.17) is 4.74 Å². The van der Waals surface area contributed by atoms with Crippen molar-refractivity contribution in [1.29, 1.82) is 5.26 Å². The highest BCUT2D eigenvalue weighted by molar-refractivity contribution is 5.93. The summed E-state index contributed by atoms with van der Waals surface area (Å²) in [6.07, 6.45) is 4.54. The van der Waals surface area contributed by atoms with Crippen LogP contribution < -0.4 is 15.9 Å². The van der Waals surface area contributed by atoms with Gasteiger partial charge in [0.15, 0.2) is 0 Å². The van der Waals surface area contributed by atoms with Crippen molar-refractivity contribution < 1.29 is 22.7 Å². The summed E-state index contributed by atoms with van der Waals surface area (Å²) < 4.78 is 47.5. The Balaban J connectivity index is 1.25. The normalized spacial score (nSPS) is 26.3. The quantitative estimate of drug-likeness (QED) is 0.223. The highest BCUT2D eigenvalue weighted by Crippen LogP contribution is 2.55. The van der Waals surface area contributed by atoms with E-state index in [-0.39, 0.29) is 28.4 Å². The smallest absolute Gasteiger partial charge is 0.416 e. The summed E-state index contributed by atoms with van der Waals surface area (Å²) in [7, 11) is 1.22. The Morgan fingerprint density at radius 2 is 1.83 bits per heavy atom. The second-order valence-corrected chi connectivity index (χ2v) is 13.7. The first-order chi connectivity index (χ1) is 22.5. The minimum absolute atomic E-state index is 0.0308. The largest absolute Gasteiger partial charge is 0.466 e. The van der Waals surface area contributed by atoms with Crippen LogP contribution in [0.1, 0.15) is 80.2 Å². The van der Waals surface area contributed by atoms with Crippen LogP contribution in [-0.2, 0) is 22.1 Å². The van der Waals surface area contributed by atoms with Gasteiger partial charge in [0.2, 0.25) is 5.95 Å². The molecule has 5 aliphatic rings. The maximum Gasteiger partial charge on any atom is 0.416 e. The number of alkyl halides is 3. The standard InChI is InChI=1S/C35H37F3N6O3/c1-20-29(31(45)47-2)30(44-32(41-42-33(44)46)43(20)27-7-3-6-26(15-27)35(36,37)38)28-9-8-21(19-39)14-25(28)5-4-10-40-34-16-22-11-23(17-34)13-24(12-22)18-34/h3,6-9,14-15,22-24,30,40H,4-5,10-13,16-18H2,1-2H3,(H,42,46). The van der Waals surface area contributed by atoms with Crippen molar-refractivity contribution >= 4 is 17.6 Å². The summed E-state index contributed by atoms with van der Waals surface area (Å²) in [5.41, 5.74) is 0.964. The number of carbonyl (C=O) groups excluding carboxylic acids is 1. The van der Waals surface area contributed by atoms with Gasteiger partial charge >= 0.3 is 17.8 Å². The number of aromatic amines is 1. The van der Waals surface area contributed by atoms with Crippen LogP contribution in [0.25, 0.3) is 0 Å². The zero-order valence-electron chi connectivity index (χ0n) is 26.4. The van der Waals surface area contributed by atoms with E-state index >= 15 is 0 Å². The van der Waals surface area contributed by atoms with E-state index in [1.54, 1.807) is 25.1 Å². The molecule has 12 heteroatoms. The molecule has 0 spiro atoms. The number of nitriles is 1. The fraction of sp³-hybridized carbons (Fsp3) is 0.486. The summed E-state index contributed by atoms with van der Waals surface area (Å²) >= 11 is 0. The van der Waals surface area contributed by atoms with E-state index in [0.29, 0.717) is 17.5 Å². The van der Waals surface area contributed by atoms with E-state index in [1.165, 1.54) is 67.2 Å². The van der Waals surface area contributed by atoms with Gasteiger partial charge in [0.1, 0.15) is 6.04 Å². The fourth-order valence-electron chi connectivity index (χ4n) is 9.20. The summed E-state index contributed by atoms with van der Waals surface area (Å²) in [4.78, 5) is 28.3. The number of aryl methyl sites for hydroxylation is 1. The maximum atomic E-state index is 13.7. The number of anilines is 2. The number of allylic oxidation sites excluding steroid dienone is 1. The molecule has 4 bridgehead atoms. The molecule has 8 rings (SSSR count). The second kappa shape index (κ2) is 11.7. The molecule has 246 valence electrons. The summed E-state index contributed by atoms with van der Waals surface area (Å²) in [6.45, 7) is 2.40. The number of aromatic nitrogens is 3. The molecule has 2 N–H and O–H groups in total. The van der Waals surface area contributed by atoms with Gasteiger partial charge in [-0.3, -0.25) is 4.90 Å². The number of ether oxygens (including phenoxy) is 1. The van der Waals surface area contributed by atoms with Crippen molar-refractivity contribution in [2.75, 3.05) is 18.6 Å². The monoisotopic (exact) mass is 646 g/mol. The van der Waals surface area contributed by atoms with Crippen LogP contribution in [0.3, 0.4) is 0 Å². The van der Waals surface area contributed by atoms with E-state index in [0.717, 1.165) is 48.4 Å². The third kappa shape index (κ3) is 5.54. The fourth-order valence-corrected chi connectivity index (χ4v) is 9.20. The predicted molar refractivity (Wildman–Crippen MR) is 168 cm³/mol. The number of nitrogens with one attached hydrogen (secondary N) is 2. The van der Waals surface area contributed by atoms with E-state index in [2.05, 4.69) is 21.6 Å². The van der Waals surface area contributed by atoms with Crippen molar-refractivity contribution in [3.05, 3.63) is 86.5 Å². The number of halogens is 3. The molecule has 1 aromatic heterocycles. The number of fused-ring (bicyclic) bond motifs is 1. The van der Waals surface area contributed by atoms with Gasteiger partial charge in [-0.2, -0.15) is 18.4 Å².